The molecule has 7 heteroatoms. The van der Waals surface area contributed by atoms with Crippen LogP contribution in [0.3, 0.4) is 0 Å². The Morgan fingerprint density at radius 2 is 2.15 bits per heavy atom. The fraction of sp³-hybridized carbons (Fsp3) is 0.474. The van der Waals surface area contributed by atoms with E-state index in [0.29, 0.717) is 12.4 Å². The van der Waals surface area contributed by atoms with E-state index in [0.717, 1.165) is 32.4 Å². The fourth-order valence-corrected chi connectivity index (χ4v) is 3.30. The van der Waals surface area contributed by atoms with Gasteiger partial charge in [-0.2, -0.15) is 5.10 Å². The molecule has 0 unspecified atom stereocenters. The molecule has 1 atom stereocenters. The maximum absolute atomic E-state index is 13.3. The van der Waals surface area contributed by atoms with Crippen LogP contribution in [0, 0.1) is 5.82 Å². The number of aromatic nitrogens is 2. The van der Waals surface area contributed by atoms with Crippen LogP contribution in [0.1, 0.15) is 42.6 Å². The van der Waals surface area contributed by atoms with E-state index in [-0.39, 0.29) is 23.6 Å². The first-order valence-corrected chi connectivity index (χ1v) is 9.07. The zero-order valence-electron chi connectivity index (χ0n) is 14.9. The van der Waals surface area contributed by atoms with Gasteiger partial charge in [0.15, 0.2) is 0 Å². The molecule has 1 fully saturated rings. The third-order valence-corrected chi connectivity index (χ3v) is 4.84. The first-order chi connectivity index (χ1) is 12.6. The quantitative estimate of drug-likeness (QED) is 0.831. The van der Waals surface area contributed by atoms with Crippen LogP contribution < -0.4 is 5.32 Å². The van der Waals surface area contributed by atoms with Crippen LogP contribution in [-0.4, -0.2) is 51.4 Å². The Hall–Kier alpha value is -2.25. The molecule has 0 spiro atoms. The molecule has 2 N–H and O–H groups in total. The van der Waals surface area contributed by atoms with Gasteiger partial charge in [0, 0.05) is 31.3 Å². The van der Waals surface area contributed by atoms with E-state index in [4.69, 9.17) is 0 Å². The number of carbonyl (C=O) groups excluding carboxylic acids is 1. The monoisotopic (exact) mass is 360 g/mol. The van der Waals surface area contributed by atoms with Crippen molar-refractivity contribution in [3.63, 3.8) is 0 Å². The van der Waals surface area contributed by atoms with Crippen molar-refractivity contribution in [2.24, 2.45) is 0 Å². The average Bonchev–Trinajstić information content (AvgIpc) is 3.10. The van der Waals surface area contributed by atoms with Crippen molar-refractivity contribution in [1.29, 1.82) is 0 Å². The number of rotatable bonds is 6. The summed E-state index contributed by atoms with van der Waals surface area (Å²) >= 11 is 0. The first-order valence-electron chi connectivity index (χ1n) is 9.07. The van der Waals surface area contributed by atoms with Gasteiger partial charge in [0.2, 0.25) is 0 Å². The van der Waals surface area contributed by atoms with E-state index < -0.39 is 5.82 Å². The van der Waals surface area contributed by atoms with Gasteiger partial charge in [-0.15, -0.1) is 0 Å². The van der Waals surface area contributed by atoms with Gasteiger partial charge >= 0.3 is 0 Å². The number of β-amino-alcohol motifs (C(OH)–C–C–N with tert-alkyl or cyclic N) is 1. The van der Waals surface area contributed by atoms with Gasteiger partial charge in [-0.05, 0) is 37.5 Å². The van der Waals surface area contributed by atoms with E-state index in [1.807, 2.05) is 11.6 Å². The minimum absolute atomic E-state index is 0.197. The van der Waals surface area contributed by atoms with Gasteiger partial charge in [0.1, 0.15) is 11.6 Å². The molecule has 1 aromatic heterocycles. The van der Waals surface area contributed by atoms with Crippen molar-refractivity contribution in [2.75, 3.05) is 25.0 Å². The van der Waals surface area contributed by atoms with Crippen LogP contribution in [0.4, 0.5) is 10.2 Å². The van der Waals surface area contributed by atoms with E-state index in [1.165, 1.54) is 18.2 Å². The number of aliphatic hydroxyl groups excluding tert-OH is 1. The van der Waals surface area contributed by atoms with Crippen LogP contribution in [0.5, 0.6) is 0 Å². The molecule has 0 radical (unpaired) electrons. The van der Waals surface area contributed by atoms with Gasteiger partial charge in [-0.1, -0.05) is 13.0 Å². The van der Waals surface area contributed by atoms with Crippen LogP contribution in [-0.2, 0) is 0 Å². The highest BCUT2D eigenvalue weighted by molar-refractivity contribution is 6.03. The SMILES string of the molecule is CC[C@H](O)CN1CCC(n2nccc2NC(=O)c2cccc(F)c2)CC1. The first kappa shape index (κ1) is 18.5. The standard InChI is InChI=1S/C19H25FN4O2/c1-2-17(25)13-23-10-7-16(8-11-23)24-18(6-9-21-24)22-19(26)14-4-3-5-15(20)12-14/h3-6,9,12,16-17,25H,2,7-8,10-11,13H2,1H3,(H,22,26)/t17-/m0/s1. The van der Waals surface area contributed by atoms with E-state index in [9.17, 15) is 14.3 Å². The molecule has 26 heavy (non-hydrogen) atoms. The largest absolute Gasteiger partial charge is 0.392 e. The van der Waals surface area contributed by atoms with Crippen LogP contribution >= 0.6 is 0 Å². The zero-order chi connectivity index (χ0) is 18.5. The Bertz CT molecular complexity index is 741. The topological polar surface area (TPSA) is 70.4 Å². The predicted molar refractivity (Wildman–Crippen MR) is 97.6 cm³/mol. The van der Waals surface area contributed by atoms with Crippen molar-refractivity contribution in [3.8, 4) is 0 Å². The van der Waals surface area contributed by atoms with Crippen LogP contribution in [0.2, 0.25) is 0 Å². The normalized spacial score (nSPS) is 17.2. The summed E-state index contributed by atoms with van der Waals surface area (Å²) in [6, 6.07) is 7.57. The molecular weight excluding hydrogens is 335 g/mol. The number of aliphatic hydroxyl groups is 1. The molecule has 3 rings (SSSR count). The van der Waals surface area contributed by atoms with Gasteiger partial charge in [-0.25, -0.2) is 9.07 Å². The second kappa shape index (κ2) is 8.42. The summed E-state index contributed by atoms with van der Waals surface area (Å²) < 4.78 is 15.1. The van der Waals surface area contributed by atoms with Crippen LogP contribution in [0.25, 0.3) is 0 Å². The number of benzene rings is 1. The number of nitrogens with one attached hydrogen (secondary N) is 1. The predicted octanol–water partition coefficient (Wildman–Crippen LogP) is 2.68. The fourth-order valence-electron chi connectivity index (χ4n) is 3.30. The summed E-state index contributed by atoms with van der Waals surface area (Å²) in [5.41, 5.74) is 0.279. The van der Waals surface area contributed by atoms with Crippen molar-refractivity contribution in [3.05, 3.63) is 47.9 Å². The molecule has 2 heterocycles. The average molecular weight is 360 g/mol. The van der Waals surface area contributed by atoms with Gasteiger partial charge < -0.3 is 15.3 Å². The molecule has 1 aliphatic heterocycles. The minimum atomic E-state index is -0.437. The Morgan fingerprint density at radius 1 is 1.38 bits per heavy atom. The van der Waals surface area contributed by atoms with E-state index in [1.54, 1.807) is 18.3 Å². The lowest BCUT2D eigenvalue weighted by molar-refractivity contribution is 0.0867. The second-order valence-corrected chi connectivity index (χ2v) is 6.72. The minimum Gasteiger partial charge on any atom is -0.392 e. The third-order valence-electron chi connectivity index (χ3n) is 4.84. The number of nitrogens with zero attached hydrogens (tertiary/aromatic N) is 3. The smallest absolute Gasteiger partial charge is 0.256 e. The number of hydrogen-bond donors (Lipinski definition) is 2. The number of likely N-dealkylation sites (tertiary alicyclic amines) is 1. The summed E-state index contributed by atoms with van der Waals surface area (Å²) in [5, 5.41) is 17.0. The maximum Gasteiger partial charge on any atom is 0.256 e. The molecule has 0 bridgehead atoms. The number of amides is 1. The maximum atomic E-state index is 13.3. The van der Waals surface area contributed by atoms with Crippen molar-refractivity contribution in [2.45, 2.75) is 38.3 Å². The van der Waals surface area contributed by atoms with Gasteiger partial charge in [0.25, 0.3) is 5.91 Å². The van der Waals surface area contributed by atoms with Gasteiger partial charge in [-0.3, -0.25) is 4.79 Å². The summed E-state index contributed by atoms with van der Waals surface area (Å²) in [7, 11) is 0. The van der Waals surface area contributed by atoms with Gasteiger partial charge in [0.05, 0.1) is 18.3 Å². The third kappa shape index (κ3) is 4.47. The van der Waals surface area contributed by atoms with E-state index in [2.05, 4.69) is 15.3 Å². The molecule has 140 valence electrons. The number of carbonyl (C=O) groups is 1. The lowest BCUT2D eigenvalue weighted by Crippen LogP contribution is -2.39. The Morgan fingerprint density at radius 3 is 2.85 bits per heavy atom. The Balaban J connectivity index is 1.61. The molecule has 2 aromatic rings. The highest BCUT2D eigenvalue weighted by atomic mass is 19.1. The van der Waals surface area contributed by atoms with Crippen molar-refractivity contribution >= 4 is 11.7 Å². The van der Waals surface area contributed by atoms with Crippen LogP contribution in [0.15, 0.2) is 36.5 Å². The molecule has 1 aliphatic rings. The highest BCUT2D eigenvalue weighted by Gasteiger charge is 2.24. The summed E-state index contributed by atoms with van der Waals surface area (Å²) in [5.74, 6) is -0.172. The molecule has 1 aromatic carbocycles. The number of anilines is 1. The van der Waals surface area contributed by atoms with Crippen molar-refractivity contribution < 1.29 is 14.3 Å². The molecule has 1 amide bonds. The summed E-state index contributed by atoms with van der Waals surface area (Å²) in [4.78, 5) is 14.6. The van der Waals surface area contributed by atoms with Crippen molar-refractivity contribution in [1.82, 2.24) is 14.7 Å². The molecule has 1 saturated heterocycles. The second-order valence-electron chi connectivity index (χ2n) is 6.72. The highest BCUT2D eigenvalue weighted by Crippen LogP contribution is 2.25. The lowest BCUT2D eigenvalue weighted by atomic mass is 10.0. The summed E-state index contributed by atoms with van der Waals surface area (Å²) in [6.07, 6.45) is 3.95. The Kier molecular flexibility index (Phi) is 6.00. The molecule has 0 aliphatic carbocycles. The number of hydrogen-bond acceptors (Lipinski definition) is 4. The summed E-state index contributed by atoms with van der Waals surface area (Å²) in [6.45, 7) is 4.46. The van der Waals surface area contributed by atoms with E-state index >= 15 is 0 Å². The molecule has 6 nitrogen and oxygen atoms in total. The number of piperidine rings is 1. The number of halogens is 1. The Labute approximate surface area is 152 Å². The lowest BCUT2D eigenvalue weighted by Gasteiger charge is -2.33. The zero-order valence-corrected chi connectivity index (χ0v) is 14.9. The molecular formula is C19H25FN4O2. The molecule has 0 saturated carbocycles.